The van der Waals surface area contributed by atoms with Crippen LogP contribution >= 0.6 is 23.2 Å². The Hall–Kier alpha value is -2.17. The molecule has 27 heavy (non-hydrogen) atoms. The van der Waals surface area contributed by atoms with Crippen LogP contribution < -0.4 is 14.8 Å². The summed E-state index contributed by atoms with van der Waals surface area (Å²) in [5.41, 5.74) is 1.80. The van der Waals surface area contributed by atoms with E-state index in [0.717, 1.165) is 22.6 Å². The monoisotopic (exact) mass is 407 g/mol. The topological polar surface area (TPSA) is 47.6 Å². The normalized spacial score (nSPS) is 10.8. The second kappa shape index (κ2) is 10.9. The molecule has 4 nitrogen and oxygen atoms in total. The number of rotatable bonds is 9. The van der Waals surface area contributed by atoms with Gasteiger partial charge >= 0.3 is 0 Å². The van der Waals surface area contributed by atoms with Crippen molar-refractivity contribution in [3.8, 4) is 11.5 Å². The Kier molecular flexibility index (Phi) is 8.49. The molecule has 0 aliphatic rings. The molecule has 144 valence electrons. The second-order valence-electron chi connectivity index (χ2n) is 5.69. The van der Waals surface area contributed by atoms with E-state index in [9.17, 15) is 4.79 Å². The van der Waals surface area contributed by atoms with Gasteiger partial charge in [0.05, 0.1) is 13.2 Å². The minimum Gasteiger partial charge on any atom is -0.490 e. The predicted molar refractivity (Wildman–Crippen MR) is 111 cm³/mol. The molecule has 0 unspecified atom stereocenters. The maximum absolute atomic E-state index is 12.0. The molecule has 0 aliphatic heterocycles. The van der Waals surface area contributed by atoms with Gasteiger partial charge in [-0.05, 0) is 61.7 Å². The summed E-state index contributed by atoms with van der Waals surface area (Å²) in [6, 6.07) is 11.0. The van der Waals surface area contributed by atoms with E-state index < -0.39 is 0 Å². The van der Waals surface area contributed by atoms with Crippen LogP contribution in [0.1, 0.15) is 25.0 Å². The van der Waals surface area contributed by atoms with Gasteiger partial charge in [0.25, 0.3) is 0 Å². The highest BCUT2D eigenvalue weighted by Crippen LogP contribution is 2.28. The van der Waals surface area contributed by atoms with Crippen LogP contribution in [0.4, 0.5) is 0 Å². The zero-order valence-corrected chi connectivity index (χ0v) is 16.9. The first kappa shape index (κ1) is 21.1. The van der Waals surface area contributed by atoms with Crippen LogP contribution in [0.2, 0.25) is 10.0 Å². The standard InChI is InChI=1S/C21H23Cl2NO3/c1-3-26-19-9-5-15(13-20(19)27-4-2)11-12-24-21(25)10-7-16-6-8-17(22)14-18(16)23/h5-10,13-14H,3-4,11-12H2,1-2H3,(H,24,25)/b10-7+. The van der Waals surface area contributed by atoms with E-state index in [1.54, 1.807) is 24.3 Å². The third kappa shape index (κ3) is 6.81. The number of hydrogen-bond donors (Lipinski definition) is 1. The van der Waals surface area contributed by atoms with Crippen LogP contribution in [-0.4, -0.2) is 25.7 Å². The van der Waals surface area contributed by atoms with Crippen LogP contribution in [-0.2, 0) is 11.2 Å². The summed E-state index contributed by atoms with van der Waals surface area (Å²) in [5, 5.41) is 3.92. The van der Waals surface area contributed by atoms with Gasteiger partial charge in [0.1, 0.15) is 0 Å². The summed E-state index contributed by atoms with van der Waals surface area (Å²) in [5.74, 6) is 1.27. The van der Waals surface area contributed by atoms with Crippen molar-refractivity contribution in [2.24, 2.45) is 0 Å². The van der Waals surface area contributed by atoms with E-state index in [1.165, 1.54) is 6.08 Å². The zero-order valence-electron chi connectivity index (χ0n) is 15.4. The van der Waals surface area contributed by atoms with Gasteiger partial charge in [-0.1, -0.05) is 35.3 Å². The molecule has 0 fully saturated rings. The van der Waals surface area contributed by atoms with Gasteiger partial charge in [-0.25, -0.2) is 0 Å². The highest BCUT2D eigenvalue weighted by Gasteiger charge is 2.06. The van der Waals surface area contributed by atoms with Gasteiger partial charge < -0.3 is 14.8 Å². The highest BCUT2D eigenvalue weighted by atomic mass is 35.5. The number of carbonyl (C=O) groups is 1. The lowest BCUT2D eigenvalue weighted by Crippen LogP contribution is -2.23. The molecule has 2 rings (SSSR count). The van der Waals surface area contributed by atoms with Gasteiger partial charge in [-0.3, -0.25) is 4.79 Å². The minimum absolute atomic E-state index is 0.183. The lowest BCUT2D eigenvalue weighted by molar-refractivity contribution is -0.116. The number of ether oxygens (including phenoxy) is 2. The van der Waals surface area contributed by atoms with Gasteiger partial charge in [-0.2, -0.15) is 0 Å². The van der Waals surface area contributed by atoms with E-state index in [0.29, 0.717) is 36.2 Å². The average molecular weight is 408 g/mol. The number of amides is 1. The number of nitrogens with one attached hydrogen (secondary N) is 1. The summed E-state index contributed by atoms with van der Waals surface area (Å²) >= 11 is 11.9. The molecule has 0 radical (unpaired) electrons. The highest BCUT2D eigenvalue weighted by molar-refractivity contribution is 6.35. The van der Waals surface area contributed by atoms with Crippen LogP contribution in [0, 0.1) is 0 Å². The van der Waals surface area contributed by atoms with Crippen molar-refractivity contribution in [1.29, 1.82) is 0 Å². The molecule has 0 saturated heterocycles. The second-order valence-corrected chi connectivity index (χ2v) is 6.53. The van der Waals surface area contributed by atoms with Crippen molar-refractivity contribution in [1.82, 2.24) is 5.32 Å². The van der Waals surface area contributed by atoms with Gasteiger partial charge in [0.2, 0.25) is 5.91 Å². The summed E-state index contributed by atoms with van der Waals surface area (Å²) in [4.78, 5) is 12.0. The Balaban J connectivity index is 1.88. The zero-order chi connectivity index (χ0) is 19.6. The van der Waals surface area contributed by atoms with Crippen molar-refractivity contribution in [2.45, 2.75) is 20.3 Å². The van der Waals surface area contributed by atoms with E-state index >= 15 is 0 Å². The Labute approximate surface area is 170 Å². The van der Waals surface area contributed by atoms with Crippen LogP contribution in [0.15, 0.2) is 42.5 Å². The Morgan fingerprint density at radius 1 is 1.04 bits per heavy atom. The molecule has 0 spiro atoms. The van der Waals surface area contributed by atoms with Crippen molar-refractivity contribution >= 4 is 35.2 Å². The molecule has 2 aromatic carbocycles. The van der Waals surface area contributed by atoms with Crippen LogP contribution in [0.25, 0.3) is 6.08 Å². The van der Waals surface area contributed by atoms with E-state index in [4.69, 9.17) is 32.7 Å². The van der Waals surface area contributed by atoms with Gasteiger partial charge in [0, 0.05) is 22.7 Å². The summed E-state index contributed by atoms with van der Waals surface area (Å²) in [6.45, 7) is 5.53. The largest absolute Gasteiger partial charge is 0.490 e. The first-order valence-electron chi connectivity index (χ1n) is 8.83. The Morgan fingerprint density at radius 2 is 1.78 bits per heavy atom. The smallest absolute Gasteiger partial charge is 0.244 e. The van der Waals surface area contributed by atoms with Gasteiger partial charge in [-0.15, -0.1) is 0 Å². The molecule has 0 aliphatic carbocycles. The van der Waals surface area contributed by atoms with Crippen LogP contribution in [0.5, 0.6) is 11.5 Å². The molecule has 0 heterocycles. The first-order chi connectivity index (χ1) is 13.0. The minimum atomic E-state index is -0.183. The fourth-order valence-corrected chi connectivity index (χ4v) is 2.91. The molecular weight excluding hydrogens is 385 g/mol. The van der Waals surface area contributed by atoms with Gasteiger partial charge in [0.15, 0.2) is 11.5 Å². The fourth-order valence-electron chi connectivity index (χ4n) is 2.44. The number of halogens is 2. The van der Waals surface area contributed by atoms with E-state index in [1.807, 2.05) is 32.0 Å². The Morgan fingerprint density at radius 3 is 2.48 bits per heavy atom. The average Bonchev–Trinajstić information content (AvgIpc) is 2.63. The summed E-state index contributed by atoms with van der Waals surface area (Å²) < 4.78 is 11.2. The van der Waals surface area contributed by atoms with Crippen molar-refractivity contribution in [2.75, 3.05) is 19.8 Å². The molecule has 2 aromatic rings. The van der Waals surface area contributed by atoms with Crippen molar-refractivity contribution in [3.05, 3.63) is 63.6 Å². The molecule has 6 heteroatoms. The van der Waals surface area contributed by atoms with E-state index in [-0.39, 0.29) is 5.91 Å². The SMILES string of the molecule is CCOc1ccc(CCNC(=O)/C=C/c2ccc(Cl)cc2Cl)cc1OCC. The fraction of sp³-hybridized carbons (Fsp3) is 0.286. The Bertz CT molecular complexity index is 806. The lowest BCUT2D eigenvalue weighted by atomic mass is 10.1. The number of benzene rings is 2. The number of hydrogen-bond acceptors (Lipinski definition) is 3. The van der Waals surface area contributed by atoms with E-state index in [2.05, 4.69) is 5.32 Å². The maximum atomic E-state index is 12.0. The summed E-state index contributed by atoms with van der Waals surface area (Å²) in [6.07, 6.45) is 3.81. The molecule has 1 amide bonds. The molecule has 0 saturated carbocycles. The summed E-state index contributed by atoms with van der Waals surface area (Å²) in [7, 11) is 0. The van der Waals surface area contributed by atoms with Crippen molar-refractivity contribution < 1.29 is 14.3 Å². The van der Waals surface area contributed by atoms with Crippen molar-refractivity contribution in [3.63, 3.8) is 0 Å². The first-order valence-corrected chi connectivity index (χ1v) is 9.58. The molecule has 0 bridgehead atoms. The quantitative estimate of drug-likeness (QED) is 0.583. The van der Waals surface area contributed by atoms with Crippen LogP contribution in [0.3, 0.4) is 0 Å². The maximum Gasteiger partial charge on any atom is 0.244 e. The molecular formula is C21H23Cl2NO3. The lowest BCUT2D eigenvalue weighted by Gasteiger charge is -2.12. The third-order valence-corrected chi connectivity index (χ3v) is 4.26. The molecule has 1 N–H and O–H groups in total. The predicted octanol–water partition coefficient (Wildman–Crippen LogP) is 5.16. The third-order valence-electron chi connectivity index (χ3n) is 3.70. The molecule has 0 atom stereocenters. The molecule has 0 aromatic heterocycles. The number of carbonyl (C=O) groups excluding carboxylic acids is 1.